The molecule has 0 spiro atoms. The summed E-state index contributed by atoms with van der Waals surface area (Å²) >= 11 is 0. The predicted octanol–water partition coefficient (Wildman–Crippen LogP) is 1.14. The number of hydrogen-bond donors (Lipinski definition) is 2. The highest BCUT2D eigenvalue weighted by Crippen LogP contribution is 2.18. The van der Waals surface area contributed by atoms with Gasteiger partial charge >= 0.3 is 0 Å². The van der Waals surface area contributed by atoms with Gasteiger partial charge in [0.15, 0.2) is 0 Å². The van der Waals surface area contributed by atoms with Crippen LogP contribution >= 0.6 is 0 Å². The first-order chi connectivity index (χ1) is 10.1. The fraction of sp³-hybridized carbons (Fsp3) is 0.600. The molecule has 0 radical (unpaired) electrons. The van der Waals surface area contributed by atoms with Crippen LogP contribution in [0.15, 0.2) is 30.3 Å². The molecule has 0 bridgehead atoms. The molecule has 0 atom stereocenters. The third kappa shape index (κ3) is 6.13. The topological polar surface area (TPSA) is 61.4 Å². The van der Waals surface area contributed by atoms with Crippen LogP contribution in [-0.2, 0) is 16.6 Å². The first kappa shape index (κ1) is 16.4. The molecule has 2 rings (SSSR count). The minimum atomic E-state index is -3.36. The average Bonchev–Trinajstić information content (AvgIpc) is 3.28. The van der Waals surface area contributed by atoms with Gasteiger partial charge in [-0.15, -0.1) is 0 Å². The quantitative estimate of drug-likeness (QED) is 0.637. The number of nitrogens with zero attached hydrogens (tertiary/aromatic N) is 1. The molecule has 118 valence electrons. The van der Waals surface area contributed by atoms with Gasteiger partial charge in [0.2, 0.25) is 0 Å². The van der Waals surface area contributed by atoms with Crippen LogP contribution < -0.4 is 10.0 Å². The first-order valence-corrected chi connectivity index (χ1v) is 9.00. The molecule has 6 heteroatoms. The lowest BCUT2D eigenvalue weighted by atomic mass is 10.2. The van der Waals surface area contributed by atoms with Crippen LogP contribution in [0.25, 0.3) is 0 Å². The average molecular weight is 311 g/mol. The smallest absolute Gasteiger partial charge is 0.279 e. The largest absolute Gasteiger partial charge is 0.314 e. The van der Waals surface area contributed by atoms with E-state index in [1.807, 2.05) is 30.3 Å². The molecule has 0 unspecified atom stereocenters. The Bertz CT molecular complexity index is 515. The summed E-state index contributed by atoms with van der Waals surface area (Å²) in [6, 6.07) is 10.6. The standard InChI is InChI=1S/C15H25N3O2S/c1-18(13-5-11-16-15-8-9-15)21(19,20)17-12-10-14-6-3-2-4-7-14/h2-4,6-7,15-17H,5,8-13H2,1H3. The van der Waals surface area contributed by atoms with E-state index in [1.54, 1.807) is 7.05 Å². The molecule has 1 fully saturated rings. The van der Waals surface area contributed by atoms with E-state index in [9.17, 15) is 8.42 Å². The second kappa shape index (κ2) is 7.89. The van der Waals surface area contributed by atoms with Crippen LogP contribution in [0.5, 0.6) is 0 Å². The first-order valence-electron chi connectivity index (χ1n) is 7.56. The van der Waals surface area contributed by atoms with Crippen molar-refractivity contribution in [2.45, 2.75) is 31.7 Å². The predicted molar refractivity (Wildman–Crippen MR) is 85.3 cm³/mol. The van der Waals surface area contributed by atoms with Gasteiger partial charge in [0.25, 0.3) is 10.2 Å². The molecule has 0 saturated heterocycles. The lowest BCUT2D eigenvalue weighted by Crippen LogP contribution is -2.40. The van der Waals surface area contributed by atoms with Crippen molar-refractivity contribution in [1.82, 2.24) is 14.3 Å². The highest BCUT2D eigenvalue weighted by Gasteiger charge is 2.20. The number of rotatable bonds is 10. The molecular weight excluding hydrogens is 286 g/mol. The molecule has 1 aliphatic carbocycles. The normalized spacial score (nSPS) is 15.5. The van der Waals surface area contributed by atoms with Gasteiger partial charge in [-0.25, -0.2) is 4.72 Å². The maximum atomic E-state index is 12.1. The maximum absolute atomic E-state index is 12.1. The van der Waals surface area contributed by atoms with Crippen molar-refractivity contribution in [2.75, 3.05) is 26.7 Å². The lowest BCUT2D eigenvalue weighted by molar-refractivity contribution is 0.444. The summed E-state index contributed by atoms with van der Waals surface area (Å²) in [5, 5.41) is 3.39. The molecule has 1 saturated carbocycles. The highest BCUT2D eigenvalue weighted by atomic mass is 32.2. The van der Waals surface area contributed by atoms with Gasteiger partial charge in [-0.1, -0.05) is 30.3 Å². The summed E-state index contributed by atoms with van der Waals surface area (Å²) in [4.78, 5) is 0. The third-order valence-corrected chi connectivity index (χ3v) is 5.18. The Balaban J connectivity index is 1.64. The summed E-state index contributed by atoms with van der Waals surface area (Å²) in [5.41, 5.74) is 1.14. The van der Waals surface area contributed by atoms with Gasteiger partial charge in [0.1, 0.15) is 0 Å². The van der Waals surface area contributed by atoms with Crippen LogP contribution in [0.4, 0.5) is 0 Å². The van der Waals surface area contributed by atoms with Crippen molar-refractivity contribution in [2.24, 2.45) is 0 Å². The number of nitrogens with one attached hydrogen (secondary N) is 2. The Morgan fingerprint density at radius 3 is 2.57 bits per heavy atom. The summed E-state index contributed by atoms with van der Waals surface area (Å²) < 4.78 is 28.2. The summed E-state index contributed by atoms with van der Waals surface area (Å²) in [6.45, 7) is 1.85. The van der Waals surface area contributed by atoms with Crippen molar-refractivity contribution in [3.05, 3.63) is 35.9 Å². The lowest BCUT2D eigenvalue weighted by Gasteiger charge is -2.17. The van der Waals surface area contributed by atoms with Gasteiger partial charge in [0.05, 0.1) is 0 Å². The minimum absolute atomic E-state index is 0.428. The van der Waals surface area contributed by atoms with Crippen molar-refractivity contribution in [1.29, 1.82) is 0 Å². The Morgan fingerprint density at radius 2 is 1.90 bits per heavy atom. The van der Waals surface area contributed by atoms with Crippen molar-refractivity contribution in [3.63, 3.8) is 0 Å². The van der Waals surface area contributed by atoms with Crippen LogP contribution in [0, 0.1) is 0 Å². The van der Waals surface area contributed by atoms with Gasteiger partial charge in [-0.3, -0.25) is 0 Å². The molecule has 0 heterocycles. The minimum Gasteiger partial charge on any atom is -0.314 e. The fourth-order valence-corrected chi connectivity index (χ4v) is 3.04. The van der Waals surface area contributed by atoms with Crippen LogP contribution in [0.3, 0.4) is 0 Å². The van der Waals surface area contributed by atoms with E-state index in [-0.39, 0.29) is 0 Å². The van der Waals surface area contributed by atoms with Crippen LogP contribution in [-0.4, -0.2) is 45.4 Å². The van der Waals surface area contributed by atoms with Gasteiger partial charge < -0.3 is 5.32 Å². The van der Waals surface area contributed by atoms with Crippen molar-refractivity contribution in [3.8, 4) is 0 Å². The van der Waals surface area contributed by atoms with E-state index in [2.05, 4.69) is 10.0 Å². The van der Waals surface area contributed by atoms with E-state index in [4.69, 9.17) is 0 Å². The summed E-state index contributed by atoms with van der Waals surface area (Å²) in [7, 11) is -1.73. The molecule has 1 aromatic rings. The molecule has 1 aromatic carbocycles. The van der Waals surface area contributed by atoms with E-state index in [0.29, 0.717) is 25.6 Å². The monoisotopic (exact) mass is 311 g/mol. The van der Waals surface area contributed by atoms with Crippen molar-refractivity contribution < 1.29 is 8.42 Å². The zero-order valence-electron chi connectivity index (χ0n) is 12.6. The molecule has 0 aliphatic heterocycles. The zero-order valence-corrected chi connectivity index (χ0v) is 13.4. The third-order valence-electron chi connectivity index (χ3n) is 3.61. The van der Waals surface area contributed by atoms with Gasteiger partial charge in [0, 0.05) is 26.2 Å². The molecule has 2 N–H and O–H groups in total. The Hall–Kier alpha value is -0.950. The SMILES string of the molecule is CN(CCCNC1CC1)S(=O)(=O)NCCc1ccccc1. The van der Waals surface area contributed by atoms with Crippen LogP contribution in [0.1, 0.15) is 24.8 Å². The molecule has 21 heavy (non-hydrogen) atoms. The number of hydrogen-bond acceptors (Lipinski definition) is 3. The molecule has 1 aliphatic rings. The Labute approximate surface area is 127 Å². The molecular formula is C15H25N3O2S. The zero-order chi connectivity index (χ0) is 15.1. The fourth-order valence-electron chi connectivity index (χ4n) is 2.09. The van der Waals surface area contributed by atoms with Gasteiger partial charge in [-0.05, 0) is 37.8 Å². The second-order valence-electron chi connectivity index (χ2n) is 5.54. The second-order valence-corrected chi connectivity index (χ2v) is 7.40. The van der Waals surface area contributed by atoms with E-state index < -0.39 is 10.2 Å². The molecule has 0 aromatic heterocycles. The Kier molecular flexibility index (Phi) is 6.17. The maximum Gasteiger partial charge on any atom is 0.279 e. The van der Waals surface area contributed by atoms with E-state index in [1.165, 1.54) is 17.1 Å². The number of benzene rings is 1. The molecule has 0 amide bonds. The Morgan fingerprint density at radius 1 is 1.19 bits per heavy atom. The van der Waals surface area contributed by atoms with Crippen LogP contribution in [0.2, 0.25) is 0 Å². The van der Waals surface area contributed by atoms with E-state index >= 15 is 0 Å². The van der Waals surface area contributed by atoms with E-state index in [0.717, 1.165) is 18.5 Å². The van der Waals surface area contributed by atoms with Crippen molar-refractivity contribution >= 4 is 10.2 Å². The highest BCUT2D eigenvalue weighted by molar-refractivity contribution is 7.87. The van der Waals surface area contributed by atoms with Gasteiger partial charge in [-0.2, -0.15) is 12.7 Å². The summed E-state index contributed by atoms with van der Waals surface area (Å²) in [6.07, 6.45) is 4.06. The molecule has 5 nitrogen and oxygen atoms in total. The summed E-state index contributed by atoms with van der Waals surface area (Å²) in [5.74, 6) is 0.